The van der Waals surface area contributed by atoms with Gasteiger partial charge in [0.15, 0.2) is 12.4 Å². The second-order valence-corrected chi connectivity index (χ2v) is 11.9. The number of carbonyl (C=O) groups is 1. The number of fused-ring (bicyclic) bond motifs is 3. The molecule has 1 atom stereocenters. The molecular weight excluding hydrogens is 544 g/mol. The first-order chi connectivity index (χ1) is 19.0. The van der Waals surface area contributed by atoms with Gasteiger partial charge in [-0.05, 0) is 37.0 Å². The first kappa shape index (κ1) is 25.3. The number of ether oxygens (including phenoxy) is 1. The van der Waals surface area contributed by atoms with Crippen molar-refractivity contribution in [3.8, 4) is 5.75 Å². The number of halogens is 3. The van der Waals surface area contributed by atoms with Crippen LogP contribution in [0.2, 0.25) is 5.02 Å². The number of pyridine rings is 1. The summed E-state index contributed by atoms with van der Waals surface area (Å²) >= 11 is 6.44. The van der Waals surface area contributed by atoms with Gasteiger partial charge in [-0.3, -0.25) is 9.59 Å². The van der Waals surface area contributed by atoms with Crippen molar-refractivity contribution in [3.63, 3.8) is 0 Å². The van der Waals surface area contributed by atoms with E-state index in [-0.39, 0.29) is 28.7 Å². The molecule has 210 valence electrons. The molecule has 2 aromatic heterocycles. The van der Waals surface area contributed by atoms with Gasteiger partial charge >= 0.3 is 5.92 Å². The lowest BCUT2D eigenvalue weighted by Crippen LogP contribution is -2.73. The fraction of sp³-hybridized carbons (Fsp3) is 0.481. The first-order valence-electron chi connectivity index (χ1n) is 13.3. The molecule has 40 heavy (non-hydrogen) atoms. The molecule has 1 amide bonds. The smallest absolute Gasteiger partial charge is 0.301 e. The minimum Gasteiger partial charge on any atom is -0.480 e. The maximum atomic E-state index is 14.9. The zero-order valence-corrected chi connectivity index (χ0v) is 22.8. The largest absolute Gasteiger partial charge is 0.480 e. The van der Waals surface area contributed by atoms with E-state index in [1.54, 1.807) is 32.2 Å². The molecule has 10 nitrogen and oxygen atoms in total. The average Bonchev–Trinajstić information content (AvgIpc) is 3.70. The molecule has 3 aliphatic heterocycles. The minimum atomic E-state index is -3.11. The highest BCUT2D eigenvalue weighted by Crippen LogP contribution is 2.46. The highest BCUT2D eigenvalue weighted by Gasteiger charge is 2.53. The number of rotatable bonds is 4. The van der Waals surface area contributed by atoms with Gasteiger partial charge in [0.2, 0.25) is 17.6 Å². The second-order valence-electron chi connectivity index (χ2n) is 11.5. The van der Waals surface area contributed by atoms with Crippen molar-refractivity contribution in [3.05, 3.63) is 39.8 Å². The van der Waals surface area contributed by atoms with Crippen LogP contribution in [-0.2, 0) is 11.8 Å². The molecule has 7 rings (SSSR count). The molecule has 2 N–H and O–H groups in total. The molecule has 1 spiro atoms. The van der Waals surface area contributed by atoms with Crippen LogP contribution in [0.25, 0.3) is 10.9 Å². The number of amides is 1. The Balaban J connectivity index is 1.19. The number of aryl methyl sites for hydroxylation is 1. The van der Waals surface area contributed by atoms with Crippen LogP contribution in [0, 0.1) is 11.3 Å². The summed E-state index contributed by atoms with van der Waals surface area (Å²) in [4.78, 5) is 37.5. The number of hydrogen-bond acceptors (Lipinski definition) is 8. The van der Waals surface area contributed by atoms with E-state index < -0.39 is 24.1 Å². The average molecular weight is 572 g/mol. The Bertz CT molecular complexity index is 1610. The SMILES string of the molecule is CC(=O)N1CC2(C1)CN(c1ncc(Cl)c(Nc3ccc4c(c3)c3c(c(=O)n4C)OCC(F)(F)C(C4CC4)N3)n1)C2. The van der Waals surface area contributed by atoms with Crippen LogP contribution < -0.4 is 25.8 Å². The summed E-state index contributed by atoms with van der Waals surface area (Å²) in [6, 6.07) is 4.19. The summed E-state index contributed by atoms with van der Waals surface area (Å²) in [6.07, 6.45) is 2.95. The lowest BCUT2D eigenvalue weighted by atomic mass is 9.73. The summed E-state index contributed by atoms with van der Waals surface area (Å²) in [6.45, 7) is 3.73. The van der Waals surface area contributed by atoms with E-state index in [0.29, 0.717) is 46.2 Å². The Morgan fingerprint density at radius 2 is 1.98 bits per heavy atom. The second kappa shape index (κ2) is 8.66. The third kappa shape index (κ3) is 4.03. The van der Waals surface area contributed by atoms with E-state index in [1.807, 2.05) is 4.90 Å². The number of benzene rings is 1. The maximum Gasteiger partial charge on any atom is 0.301 e. The number of alkyl halides is 2. The number of likely N-dealkylation sites (tertiary alicyclic amines) is 1. The van der Waals surface area contributed by atoms with E-state index in [1.165, 1.54) is 10.8 Å². The number of carbonyl (C=O) groups excluding carboxylic acids is 1. The van der Waals surface area contributed by atoms with E-state index in [4.69, 9.17) is 16.3 Å². The van der Waals surface area contributed by atoms with Gasteiger partial charge in [0, 0.05) is 56.6 Å². The normalized spacial score (nSPS) is 22.5. The first-order valence-corrected chi connectivity index (χ1v) is 13.7. The summed E-state index contributed by atoms with van der Waals surface area (Å²) in [5, 5.41) is 7.11. The van der Waals surface area contributed by atoms with Crippen LogP contribution in [0.4, 0.5) is 31.9 Å². The molecule has 3 aromatic rings. The third-order valence-electron chi connectivity index (χ3n) is 8.44. The Hall–Kier alpha value is -3.67. The predicted octanol–water partition coefficient (Wildman–Crippen LogP) is 3.61. The van der Waals surface area contributed by atoms with Crippen molar-refractivity contribution >= 4 is 51.6 Å². The molecular formula is C27H28ClF2N7O3. The number of nitrogens with one attached hydrogen (secondary N) is 2. The van der Waals surface area contributed by atoms with Crippen molar-refractivity contribution in [1.29, 1.82) is 0 Å². The summed E-state index contributed by atoms with van der Waals surface area (Å²) in [5.74, 6) is -2.38. The Labute approximate surface area is 233 Å². The van der Waals surface area contributed by atoms with Crippen molar-refractivity contribution < 1.29 is 18.3 Å². The van der Waals surface area contributed by atoms with Gasteiger partial charge < -0.3 is 29.7 Å². The molecule has 1 aliphatic carbocycles. The molecule has 5 heterocycles. The molecule has 1 saturated carbocycles. The monoisotopic (exact) mass is 571 g/mol. The summed E-state index contributed by atoms with van der Waals surface area (Å²) < 4.78 is 36.7. The Kier molecular flexibility index (Phi) is 5.48. The van der Waals surface area contributed by atoms with Crippen molar-refractivity contribution in [2.75, 3.05) is 48.3 Å². The van der Waals surface area contributed by atoms with Gasteiger partial charge in [0.25, 0.3) is 5.56 Å². The van der Waals surface area contributed by atoms with E-state index >= 15 is 0 Å². The van der Waals surface area contributed by atoms with Crippen molar-refractivity contribution in [2.45, 2.75) is 31.7 Å². The molecule has 1 unspecified atom stereocenters. The molecule has 13 heteroatoms. The van der Waals surface area contributed by atoms with Crippen LogP contribution in [0.15, 0.2) is 29.2 Å². The van der Waals surface area contributed by atoms with E-state index in [2.05, 4.69) is 25.5 Å². The molecule has 0 radical (unpaired) electrons. The topological polar surface area (TPSA) is 105 Å². The summed E-state index contributed by atoms with van der Waals surface area (Å²) in [5.41, 5.74) is 1.08. The predicted molar refractivity (Wildman–Crippen MR) is 147 cm³/mol. The third-order valence-corrected chi connectivity index (χ3v) is 8.71. The maximum absolute atomic E-state index is 14.9. The fourth-order valence-electron chi connectivity index (χ4n) is 6.11. The number of hydrogen-bond donors (Lipinski definition) is 2. The summed E-state index contributed by atoms with van der Waals surface area (Å²) in [7, 11) is 1.59. The zero-order chi connectivity index (χ0) is 28.0. The molecule has 4 aliphatic rings. The number of aromatic nitrogens is 3. The highest BCUT2D eigenvalue weighted by atomic mass is 35.5. The van der Waals surface area contributed by atoms with E-state index in [9.17, 15) is 18.4 Å². The zero-order valence-electron chi connectivity index (χ0n) is 22.0. The minimum absolute atomic E-state index is 0.0872. The van der Waals surface area contributed by atoms with E-state index in [0.717, 1.165) is 26.2 Å². The van der Waals surface area contributed by atoms with Crippen molar-refractivity contribution in [2.24, 2.45) is 18.4 Å². The number of nitrogens with zero attached hydrogens (tertiary/aromatic N) is 5. The van der Waals surface area contributed by atoms with Gasteiger partial charge in [-0.25, -0.2) is 13.8 Å². The number of anilines is 4. The van der Waals surface area contributed by atoms with Gasteiger partial charge in [-0.2, -0.15) is 4.98 Å². The standard InChI is InChI=1S/C27H28ClF2N7O3/c1-14(38)36-9-26(10-36)11-37(12-26)25-31-8-18(28)23(34-25)32-16-5-6-19-17(7-16)20-21(24(39)35(19)2)40-13-27(29,30)22(33-20)15-3-4-15/h5-8,15,22,33H,3-4,9-13H2,1-2H3,(H,31,32,34). The molecule has 3 fully saturated rings. The Morgan fingerprint density at radius 1 is 1.23 bits per heavy atom. The van der Waals surface area contributed by atoms with Gasteiger partial charge in [0.1, 0.15) is 5.02 Å². The van der Waals surface area contributed by atoms with Gasteiger partial charge in [-0.15, -0.1) is 0 Å². The fourth-order valence-corrected chi connectivity index (χ4v) is 6.25. The molecule has 1 aromatic carbocycles. The van der Waals surface area contributed by atoms with Gasteiger partial charge in [-0.1, -0.05) is 11.6 Å². The van der Waals surface area contributed by atoms with Gasteiger partial charge in [0.05, 0.1) is 23.4 Å². The van der Waals surface area contributed by atoms with Crippen LogP contribution in [-0.4, -0.2) is 70.1 Å². The Morgan fingerprint density at radius 3 is 2.67 bits per heavy atom. The quantitative estimate of drug-likeness (QED) is 0.489. The van der Waals surface area contributed by atoms with Crippen LogP contribution >= 0.6 is 11.6 Å². The molecule has 2 saturated heterocycles. The lowest BCUT2D eigenvalue weighted by molar-refractivity contribution is -0.142. The highest BCUT2D eigenvalue weighted by molar-refractivity contribution is 6.33. The van der Waals surface area contributed by atoms with Crippen LogP contribution in [0.1, 0.15) is 19.8 Å². The van der Waals surface area contributed by atoms with Crippen LogP contribution in [0.3, 0.4) is 0 Å². The van der Waals surface area contributed by atoms with Crippen molar-refractivity contribution in [1.82, 2.24) is 19.4 Å². The lowest BCUT2D eigenvalue weighted by Gasteiger charge is -2.59. The molecule has 0 bridgehead atoms. The van der Waals surface area contributed by atoms with Crippen LogP contribution in [0.5, 0.6) is 5.75 Å².